The van der Waals surface area contributed by atoms with Crippen molar-refractivity contribution in [3.05, 3.63) is 71.0 Å². The Morgan fingerprint density at radius 3 is 2.44 bits per heavy atom. The molecule has 3 aromatic heterocycles. The summed E-state index contributed by atoms with van der Waals surface area (Å²) in [7, 11) is -3.05. The summed E-state index contributed by atoms with van der Waals surface area (Å²) in [6.07, 6.45) is 4.31. The highest BCUT2D eigenvalue weighted by atomic mass is 32.2. The van der Waals surface area contributed by atoms with Crippen LogP contribution in [0.3, 0.4) is 0 Å². The Morgan fingerprint density at radius 1 is 1.06 bits per heavy atom. The summed E-state index contributed by atoms with van der Waals surface area (Å²) in [5, 5.41) is 7.60. The zero-order valence-electron chi connectivity index (χ0n) is 18.6. The van der Waals surface area contributed by atoms with Crippen LogP contribution >= 0.6 is 0 Å². The second-order valence-electron chi connectivity index (χ2n) is 8.60. The van der Waals surface area contributed by atoms with Crippen molar-refractivity contribution >= 4 is 21.3 Å². The molecule has 0 aliphatic carbocycles. The summed E-state index contributed by atoms with van der Waals surface area (Å²) < 4.78 is 25.5. The number of aromatic nitrogens is 4. The minimum Gasteiger partial charge on any atom is -0.383 e. The van der Waals surface area contributed by atoms with Crippen LogP contribution in [0.25, 0.3) is 28.0 Å². The molecular weight excluding hydrogens is 452 g/mol. The first-order chi connectivity index (χ1) is 16.4. The third-order valence-corrected chi connectivity index (χ3v) is 8.13. The molecule has 0 radical (unpaired) electrons. The third-order valence-electron chi connectivity index (χ3n) is 6.41. The van der Waals surface area contributed by atoms with Crippen molar-refractivity contribution in [1.29, 1.82) is 0 Å². The van der Waals surface area contributed by atoms with Crippen LogP contribution in [-0.4, -0.2) is 39.5 Å². The van der Waals surface area contributed by atoms with E-state index < -0.39 is 15.9 Å². The van der Waals surface area contributed by atoms with Crippen molar-refractivity contribution < 1.29 is 8.42 Å². The normalized spacial score (nSPS) is 17.0. The number of hydrogen-bond donors (Lipinski definition) is 1. The Balaban J connectivity index is 1.61. The summed E-state index contributed by atoms with van der Waals surface area (Å²) in [6.45, 7) is 1.66. The van der Waals surface area contributed by atoms with Crippen LogP contribution in [0, 0.1) is 4.91 Å². The lowest BCUT2D eigenvalue weighted by Crippen LogP contribution is -2.24. The van der Waals surface area contributed by atoms with Gasteiger partial charge in [0.2, 0.25) is 0 Å². The van der Waals surface area contributed by atoms with E-state index in [0.717, 1.165) is 22.4 Å². The van der Waals surface area contributed by atoms with Crippen LogP contribution in [0.15, 0.2) is 60.0 Å². The molecule has 174 valence electrons. The van der Waals surface area contributed by atoms with Crippen LogP contribution in [0.4, 0.5) is 5.82 Å². The van der Waals surface area contributed by atoms with E-state index in [1.807, 2.05) is 42.5 Å². The number of fused-ring (bicyclic) bond motifs is 1. The Morgan fingerprint density at radius 2 is 1.79 bits per heavy atom. The van der Waals surface area contributed by atoms with Gasteiger partial charge in [-0.1, -0.05) is 41.6 Å². The first-order valence-corrected chi connectivity index (χ1v) is 12.9. The molecule has 1 aliphatic rings. The molecule has 10 heteroatoms. The molecule has 0 amide bonds. The first-order valence-electron chi connectivity index (χ1n) is 11.1. The Hall–Kier alpha value is -3.66. The smallest absolute Gasteiger partial charge is 0.165 e. The molecule has 1 aliphatic heterocycles. The van der Waals surface area contributed by atoms with Gasteiger partial charge in [0.1, 0.15) is 21.7 Å². The molecule has 5 rings (SSSR count). The maximum Gasteiger partial charge on any atom is 0.165 e. The highest BCUT2D eigenvalue weighted by molar-refractivity contribution is 7.91. The van der Waals surface area contributed by atoms with Crippen molar-refractivity contribution in [3.8, 4) is 22.4 Å². The van der Waals surface area contributed by atoms with Gasteiger partial charge in [0.05, 0.1) is 29.1 Å². The number of nitrogens with two attached hydrogens (primary N) is 1. The second kappa shape index (κ2) is 8.60. The largest absolute Gasteiger partial charge is 0.383 e. The number of pyridine rings is 1. The minimum atomic E-state index is -3.05. The van der Waals surface area contributed by atoms with Gasteiger partial charge in [-0.3, -0.25) is 4.98 Å². The molecule has 34 heavy (non-hydrogen) atoms. The number of rotatable bonds is 5. The molecule has 1 saturated heterocycles. The first kappa shape index (κ1) is 22.1. The topological polar surface area (TPSA) is 133 Å². The molecular formula is C24H24N6O3S. The van der Waals surface area contributed by atoms with E-state index in [0.29, 0.717) is 35.6 Å². The number of anilines is 1. The average Bonchev–Trinajstić information content (AvgIpc) is 3.28. The van der Waals surface area contributed by atoms with Gasteiger partial charge in [0.15, 0.2) is 5.65 Å². The molecule has 0 saturated carbocycles. The van der Waals surface area contributed by atoms with Crippen molar-refractivity contribution in [2.45, 2.75) is 31.7 Å². The molecule has 1 unspecified atom stereocenters. The van der Waals surface area contributed by atoms with E-state index in [9.17, 15) is 13.3 Å². The fourth-order valence-electron chi connectivity index (χ4n) is 4.54. The van der Waals surface area contributed by atoms with Gasteiger partial charge in [0.25, 0.3) is 0 Å². The number of nitroso groups, excluding NO2 is 1. The van der Waals surface area contributed by atoms with Gasteiger partial charge in [0, 0.05) is 34.4 Å². The third kappa shape index (κ3) is 3.94. The van der Waals surface area contributed by atoms with Gasteiger partial charge in [-0.25, -0.2) is 13.4 Å². The minimum absolute atomic E-state index is 0.0871. The molecule has 1 fully saturated rings. The number of nitrogen functional groups attached to an aromatic ring is 1. The quantitative estimate of drug-likeness (QED) is 0.428. The van der Waals surface area contributed by atoms with Crippen LogP contribution in [0.1, 0.15) is 43.0 Å². The second-order valence-corrected chi connectivity index (χ2v) is 10.9. The Bertz CT molecular complexity index is 1450. The van der Waals surface area contributed by atoms with Crippen molar-refractivity contribution in [1.82, 2.24) is 19.6 Å². The fourth-order valence-corrected chi connectivity index (χ4v) is 6.03. The van der Waals surface area contributed by atoms with E-state index in [4.69, 9.17) is 10.7 Å². The van der Waals surface area contributed by atoms with Crippen LogP contribution < -0.4 is 5.73 Å². The monoisotopic (exact) mass is 476 g/mol. The predicted molar refractivity (Wildman–Crippen MR) is 131 cm³/mol. The van der Waals surface area contributed by atoms with Crippen LogP contribution in [0.2, 0.25) is 0 Å². The number of nitrogens with zero attached hydrogens (tertiary/aromatic N) is 5. The number of hydrogen-bond acceptors (Lipinski definition) is 8. The summed E-state index contributed by atoms with van der Waals surface area (Å²) in [5.74, 6) is 0.338. The van der Waals surface area contributed by atoms with E-state index in [-0.39, 0.29) is 17.4 Å². The van der Waals surface area contributed by atoms with Crippen molar-refractivity contribution in [3.63, 3.8) is 0 Å². The highest BCUT2D eigenvalue weighted by Gasteiger charge is 2.31. The number of benzene rings is 1. The van der Waals surface area contributed by atoms with Crippen molar-refractivity contribution in [2.24, 2.45) is 5.18 Å². The van der Waals surface area contributed by atoms with Gasteiger partial charge >= 0.3 is 0 Å². The lowest BCUT2D eigenvalue weighted by molar-refractivity contribution is 0.539. The Labute approximate surface area is 196 Å². The molecule has 4 heterocycles. The fraction of sp³-hybridized carbons (Fsp3) is 0.292. The molecule has 1 aromatic carbocycles. The summed E-state index contributed by atoms with van der Waals surface area (Å²) in [5.41, 5.74) is 11.6. The number of sulfone groups is 1. The summed E-state index contributed by atoms with van der Waals surface area (Å²) in [6, 6.07) is 13.1. The maximum absolute atomic E-state index is 12.0. The van der Waals surface area contributed by atoms with E-state index in [1.54, 1.807) is 19.3 Å². The molecule has 0 spiro atoms. The molecule has 0 bridgehead atoms. The van der Waals surface area contributed by atoms with Gasteiger partial charge in [-0.2, -0.15) is 14.5 Å². The predicted octanol–water partition coefficient (Wildman–Crippen LogP) is 4.16. The maximum atomic E-state index is 12.0. The molecule has 1 atom stereocenters. The van der Waals surface area contributed by atoms with Crippen molar-refractivity contribution in [2.75, 3.05) is 17.2 Å². The summed E-state index contributed by atoms with van der Waals surface area (Å²) in [4.78, 5) is 20.9. The molecule has 9 nitrogen and oxygen atoms in total. The lowest BCUT2D eigenvalue weighted by atomic mass is 9.92. The zero-order valence-corrected chi connectivity index (χ0v) is 19.4. The van der Waals surface area contributed by atoms with E-state index >= 15 is 0 Å². The standard InChI is InChI=1S/C24H24N6O3S/c1-15(29-31)21-22(17-9-11-34(32,33)12-10-17)28-24-19(14-27-30(24)23(21)25)18-7-8-20(26-13-18)16-5-3-2-4-6-16/h2-8,13-15,17H,9-12,25H2,1H3. The summed E-state index contributed by atoms with van der Waals surface area (Å²) >= 11 is 0. The van der Waals surface area contributed by atoms with Gasteiger partial charge in [-0.05, 0) is 25.8 Å². The van der Waals surface area contributed by atoms with Crippen LogP contribution in [0.5, 0.6) is 0 Å². The molecule has 4 aromatic rings. The zero-order chi connectivity index (χ0) is 23.9. The molecule has 2 N–H and O–H groups in total. The Kier molecular flexibility index (Phi) is 5.60. The van der Waals surface area contributed by atoms with Gasteiger partial charge < -0.3 is 5.73 Å². The SMILES string of the molecule is CC(N=O)c1c(C2CCS(=O)(=O)CC2)nc2c(-c3ccc(-c4ccccc4)nc3)cnn2c1N. The highest BCUT2D eigenvalue weighted by Crippen LogP contribution is 2.38. The lowest BCUT2D eigenvalue weighted by Gasteiger charge is -2.25. The van der Waals surface area contributed by atoms with Gasteiger partial charge in [-0.15, -0.1) is 0 Å². The van der Waals surface area contributed by atoms with E-state index in [2.05, 4.69) is 15.3 Å². The van der Waals surface area contributed by atoms with E-state index in [1.165, 1.54) is 4.52 Å². The average molecular weight is 477 g/mol. The van der Waals surface area contributed by atoms with Crippen LogP contribution in [-0.2, 0) is 9.84 Å².